The summed E-state index contributed by atoms with van der Waals surface area (Å²) in [6.07, 6.45) is 14.6. The van der Waals surface area contributed by atoms with Crippen LogP contribution in [0.25, 0.3) is 0 Å². The molecular formula is C18H32O4. The van der Waals surface area contributed by atoms with E-state index in [1.807, 2.05) is 0 Å². The molecule has 4 heteroatoms. The molecule has 4 nitrogen and oxygen atoms in total. The normalized spacial score (nSPS) is 11.6. The van der Waals surface area contributed by atoms with Crippen LogP contribution in [0.2, 0.25) is 0 Å². The molecule has 0 aliphatic carbocycles. The molecule has 0 amide bonds. The number of carboxylic acids is 2. The lowest BCUT2D eigenvalue weighted by Crippen LogP contribution is -2.02. The summed E-state index contributed by atoms with van der Waals surface area (Å²) in [5.74, 6) is -1.79. The second-order valence-electron chi connectivity index (χ2n) is 5.90. The van der Waals surface area contributed by atoms with Crippen molar-refractivity contribution in [2.75, 3.05) is 0 Å². The number of aliphatic carboxylic acids is 2. The quantitative estimate of drug-likeness (QED) is 0.323. The van der Waals surface area contributed by atoms with E-state index >= 15 is 0 Å². The maximum absolute atomic E-state index is 11.1. The molecule has 0 saturated heterocycles. The topological polar surface area (TPSA) is 74.6 Å². The predicted octanol–water partition coefficient (Wildman–Crippen LogP) is 5.17. The van der Waals surface area contributed by atoms with Gasteiger partial charge in [-0.05, 0) is 25.7 Å². The van der Waals surface area contributed by atoms with E-state index in [4.69, 9.17) is 10.2 Å². The van der Waals surface area contributed by atoms with Crippen molar-refractivity contribution < 1.29 is 19.8 Å². The summed E-state index contributed by atoms with van der Waals surface area (Å²) in [7, 11) is 0. The van der Waals surface area contributed by atoms with E-state index in [1.165, 1.54) is 44.9 Å². The maximum Gasteiger partial charge on any atom is 0.331 e. The molecule has 0 bridgehead atoms. The lowest BCUT2D eigenvalue weighted by molar-refractivity contribution is -0.137. The van der Waals surface area contributed by atoms with Crippen molar-refractivity contribution in [3.05, 3.63) is 11.6 Å². The number of carbonyl (C=O) groups is 2. The van der Waals surface area contributed by atoms with Crippen LogP contribution in [0.4, 0.5) is 0 Å². The summed E-state index contributed by atoms with van der Waals surface area (Å²) < 4.78 is 0. The Hall–Kier alpha value is -1.32. The summed E-state index contributed by atoms with van der Waals surface area (Å²) in [6, 6.07) is 0. The smallest absolute Gasteiger partial charge is 0.331 e. The average molecular weight is 312 g/mol. The molecule has 0 aromatic heterocycles. The van der Waals surface area contributed by atoms with Crippen LogP contribution in [0, 0.1) is 0 Å². The molecule has 2 N–H and O–H groups in total. The summed E-state index contributed by atoms with van der Waals surface area (Å²) in [4.78, 5) is 21.5. The average Bonchev–Trinajstić information content (AvgIpc) is 2.46. The van der Waals surface area contributed by atoms with Gasteiger partial charge in [-0.2, -0.15) is 0 Å². The van der Waals surface area contributed by atoms with Crippen molar-refractivity contribution in [2.45, 2.75) is 90.4 Å². The van der Waals surface area contributed by atoms with Gasteiger partial charge in [0, 0.05) is 12.0 Å². The van der Waals surface area contributed by atoms with Gasteiger partial charge >= 0.3 is 11.9 Å². The third kappa shape index (κ3) is 13.7. The van der Waals surface area contributed by atoms with Crippen molar-refractivity contribution in [3.8, 4) is 0 Å². The zero-order valence-corrected chi connectivity index (χ0v) is 14.0. The van der Waals surface area contributed by atoms with E-state index < -0.39 is 11.9 Å². The van der Waals surface area contributed by atoms with Gasteiger partial charge in [-0.25, -0.2) is 4.79 Å². The SMILES string of the molecule is CCCCCCCCCCCC=C(CCCC(=O)O)C(=O)O. The van der Waals surface area contributed by atoms with Crippen molar-refractivity contribution in [1.82, 2.24) is 0 Å². The fraction of sp³-hybridized carbons (Fsp3) is 0.778. The molecule has 0 unspecified atom stereocenters. The summed E-state index contributed by atoms with van der Waals surface area (Å²) in [5.41, 5.74) is 0.362. The van der Waals surface area contributed by atoms with Gasteiger partial charge in [-0.15, -0.1) is 0 Å². The molecule has 0 aliphatic heterocycles. The number of hydrogen-bond donors (Lipinski definition) is 2. The second kappa shape index (κ2) is 14.6. The van der Waals surface area contributed by atoms with Crippen LogP contribution < -0.4 is 0 Å². The van der Waals surface area contributed by atoms with Gasteiger partial charge in [0.2, 0.25) is 0 Å². The minimum absolute atomic E-state index is 0.0304. The van der Waals surface area contributed by atoms with Gasteiger partial charge in [0.1, 0.15) is 0 Å². The Morgan fingerprint density at radius 2 is 1.32 bits per heavy atom. The van der Waals surface area contributed by atoms with Crippen LogP contribution in [0.5, 0.6) is 0 Å². The summed E-state index contributed by atoms with van der Waals surface area (Å²) in [6.45, 7) is 2.22. The molecule has 22 heavy (non-hydrogen) atoms. The Kier molecular flexibility index (Phi) is 13.7. The molecule has 0 saturated carbocycles. The van der Waals surface area contributed by atoms with E-state index in [2.05, 4.69) is 6.92 Å². The first-order valence-corrected chi connectivity index (χ1v) is 8.72. The van der Waals surface area contributed by atoms with Crippen molar-refractivity contribution in [1.29, 1.82) is 0 Å². The Labute approximate surface area is 134 Å². The highest BCUT2D eigenvalue weighted by Crippen LogP contribution is 2.13. The minimum atomic E-state index is -0.915. The molecule has 0 rings (SSSR count). The lowest BCUT2D eigenvalue weighted by Gasteiger charge is -2.03. The van der Waals surface area contributed by atoms with E-state index in [-0.39, 0.29) is 6.42 Å². The molecule has 0 atom stereocenters. The van der Waals surface area contributed by atoms with Crippen LogP contribution in [-0.2, 0) is 9.59 Å². The van der Waals surface area contributed by atoms with Gasteiger partial charge in [-0.3, -0.25) is 4.79 Å². The number of hydrogen-bond acceptors (Lipinski definition) is 2. The largest absolute Gasteiger partial charge is 0.481 e. The van der Waals surface area contributed by atoms with Crippen LogP contribution in [0.3, 0.4) is 0 Å². The van der Waals surface area contributed by atoms with Gasteiger partial charge in [0.25, 0.3) is 0 Å². The van der Waals surface area contributed by atoms with E-state index in [0.717, 1.165) is 19.3 Å². The second-order valence-corrected chi connectivity index (χ2v) is 5.90. The summed E-state index contributed by atoms with van der Waals surface area (Å²) >= 11 is 0. The van der Waals surface area contributed by atoms with Crippen LogP contribution in [-0.4, -0.2) is 22.2 Å². The van der Waals surface area contributed by atoms with E-state index in [0.29, 0.717) is 18.4 Å². The predicted molar refractivity (Wildman–Crippen MR) is 89.0 cm³/mol. The van der Waals surface area contributed by atoms with Gasteiger partial charge < -0.3 is 10.2 Å². The molecule has 0 aromatic rings. The highest BCUT2D eigenvalue weighted by Gasteiger charge is 2.07. The Morgan fingerprint density at radius 3 is 1.82 bits per heavy atom. The molecule has 0 aromatic carbocycles. The molecular weight excluding hydrogens is 280 g/mol. The summed E-state index contributed by atoms with van der Waals surface area (Å²) in [5, 5.41) is 17.6. The molecule has 0 radical (unpaired) electrons. The van der Waals surface area contributed by atoms with E-state index in [9.17, 15) is 9.59 Å². The van der Waals surface area contributed by atoms with Crippen LogP contribution in [0.1, 0.15) is 90.4 Å². The zero-order valence-electron chi connectivity index (χ0n) is 14.0. The third-order valence-corrected chi connectivity index (χ3v) is 3.81. The standard InChI is InChI=1S/C18H32O4/c1-2-3-4-5-6-7-8-9-10-11-13-16(18(21)22)14-12-15-17(19)20/h13H,2-12,14-15H2,1H3,(H,19,20)(H,21,22). The first-order chi connectivity index (χ1) is 10.6. The number of allylic oxidation sites excluding steroid dienone is 1. The van der Waals surface area contributed by atoms with Crippen LogP contribution in [0.15, 0.2) is 11.6 Å². The maximum atomic E-state index is 11.1. The third-order valence-electron chi connectivity index (χ3n) is 3.81. The molecule has 0 aliphatic rings. The fourth-order valence-corrected chi connectivity index (χ4v) is 2.46. The minimum Gasteiger partial charge on any atom is -0.481 e. The Balaban J connectivity index is 3.64. The zero-order chi connectivity index (χ0) is 16.6. The van der Waals surface area contributed by atoms with Gasteiger partial charge in [0.15, 0.2) is 0 Å². The Morgan fingerprint density at radius 1 is 0.773 bits per heavy atom. The van der Waals surface area contributed by atoms with Crippen LogP contribution >= 0.6 is 0 Å². The first kappa shape index (κ1) is 20.7. The fourth-order valence-electron chi connectivity index (χ4n) is 2.46. The number of rotatable bonds is 15. The lowest BCUT2D eigenvalue weighted by atomic mass is 10.0. The number of carboxylic acid groups (broad SMARTS) is 2. The van der Waals surface area contributed by atoms with Crippen molar-refractivity contribution in [3.63, 3.8) is 0 Å². The molecule has 128 valence electrons. The number of unbranched alkanes of at least 4 members (excludes halogenated alkanes) is 9. The van der Waals surface area contributed by atoms with E-state index in [1.54, 1.807) is 6.08 Å². The molecule has 0 fully saturated rings. The first-order valence-electron chi connectivity index (χ1n) is 8.72. The monoisotopic (exact) mass is 312 g/mol. The highest BCUT2D eigenvalue weighted by atomic mass is 16.4. The highest BCUT2D eigenvalue weighted by molar-refractivity contribution is 5.86. The Bertz CT molecular complexity index is 334. The van der Waals surface area contributed by atoms with Crippen molar-refractivity contribution in [2.24, 2.45) is 0 Å². The molecule has 0 heterocycles. The van der Waals surface area contributed by atoms with Gasteiger partial charge in [-0.1, -0.05) is 64.4 Å². The van der Waals surface area contributed by atoms with Gasteiger partial charge in [0.05, 0.1) is 0 Å². The molecule has 0 spiro atoms. The van der Waals surface area contributed by atoms with Crippen molar-refractivity contribution >= 4 is 11.9 Å².